The van der Waals surface area contributed by atoms with Crippen LogP contribution >= 0.6 is 0 Å². The first-order valence-electron chi connectivity index (χ1n) is 6.16. The van der Waals surface area contributed by atoms with E-state index in [4.69, 9.17) is 0 Å². The van der Waals surface area contributed by atoms with Crippen LogP contribution in [0.4, 0.5) is 14.5 Å². The third kappa shape index (κ3) is 2.20. The van der Waals surface area contributed by atoms with Crippen molar-refractivity contribution >= 4 is 23.2 Å². The first kappa shape index (κ1) is 12.5. The highest BCUT2D eigenvalue weighted by Crippen LogP contribution is 2.33. The molecule has 3 rings (SSSR count). The normalized spacial score (nSPS) is 15.6. The molecule has 0 saturated carbocycles. The lowest BCUT2D eigenvalue weighted by Crippen LogP contribution is -2.03. The van der Waals surface area contributed by atoms with Crippen LogP contribution in [0.5, 0.6) is 0 Å². The number of nitrogens with one attached hydrogen (secondary N) is 1. The van der Waals surface area contributed by atoms with E-state index in [0.29, 0.717) is 11.1 Å². The van der Waals surface area contributed by atoms with Gasteiger partial charge in [-0.3, -0.25) is 4.79 Å². The van der Waals surface area contributed by atoms with Crippen LogP contribution in [0, 0.1) is 0 Å². The van der Waals surface area contributed by atoms with Crippen LogP contribution in [0.3, 0.4) is 0 Å². The van der Waals surface area contributed by atoms with Crippen LogP contribution < -0.4 is 5.32 Å². The first-order valence-corrected chi connectivity index (χ1v) is 6.16. The number of hydrogen-bond acceptors (Lipinski definition) is 1. The van der Waals surface area contributed by atoms with Crippen LogP contribution in [0.15, 0.2) is 48.5 Å². The Hall–Kier alpha value is -2.49. The molecule has 2 aromatic carbocycles. The third-order valence-electron chi connectivity index (χ3n) is 3.18. The van der Waals surface area contributed by atoms with E-state index in [1.807, 2.05) is 24.3 Å². The number of anilines is 1. The summed E-state index contributed by atoms with van der Waals surface area (Å²) in [6, 6.07) is 13.3. The molecular formula is C16H11F2NO. The van der Waals surface area contributed by atoms with Crippen LogP contribution in [0.25, 0.3) is 11.6 Å². The second-order valence-corrected chi connectivity index (χ2v) is 4.53. The molecule has 1 aliphatic heterocycles. The van der Waals surface area contributed by atoms with Gasteiger partial charge in [-0.25, -0.2) is 8.78 Å². The predicted molar refractivity (Wildman–Crippen MR) is 74.3 cm³/mol. The summed E-state index contributed by atoms with van der Waals surface area (Å²) in [6.45, 7) is 0. The van der Waals surface area contributed by atoms with Crippen LogP contribution in [0.1, 0.15) is 23.1 Å². The summed E-state index contributed by atoms with van der Waals surface area (Å²) < 4.78 is 25.4. The van der Waals surface area contributed by atoms with Gasteiger partial charge in [0.05, 0.1) is 0 Å². The minimum atomic E-state index is -2.52. The van der Waals surface area contributed by atoms with Crippen molar-refractivity contribution in [2.75, 3.05) is 5.32 Å². The van der Waals surface area contributed by atoms with Crippen LogP contribution in [0.2, 0.25) is 0 Å². The van der Waals surface area contributed by atoms with Gasteiger partial charge in [0, 0.05) is 22.4 Å². The molecule has 2 nitrogen and oxygen atoms in total. The van der Waals surface area contributed by atoms with Gasteiger partial charge in [0.25, 0.3) is 12.3 Å². The van der Waals surface area contributed by atoms with Crippen molar-refractivity contribution in [2.45, 2.75) is 6.43 Å². The smallest absolute Gasteiger partial charge is 0.263 e. The SMILES string of the molecule is O=C1Nc2ccccc2C1=Cc1cccc(C(F)F)c1. The van der Waals surface area contributed by atoms with E-state index in [-0.39, 0.29) is 11.5 Å². The van der Waals surface area contributed by atoms with Gasteiger partial charge in [0.2, 0.25) is 0 Å². The van der Waals surface area contributed by atoms with E-state index in [1.54, 1.807) is 18.2 Å². The van der Waals surface area contributed by atoms with Crippen molar-refractivity contribution in [3.05, 3.63) is 65.2 Å². The fourth-order valence-corrected chi connectivity index (χ4v) is 2.23. The van der Waals surface area contributed by atoms with Gasteiger partial charge in [0.1, 0.15) is 0 Å². The molecule has 4 heteroatoms. The fraction of sp³-hybridized carbons (Fsp3) is 0.0625. The quantitative estimate of drug-likeness (QED) is 0.818. The van der Waals surface area contributed by atoms with E-state index in [2.05, 4.69) is 5.32 Å². The highest BCUT2D eigenvalue weighted by Gasteiger charge is 2.23. The zero-order valence-electron chi connectivity index (χ0n) is 10.4. The zero-order chi connectivity index (χ0) is 14.1. The van der Waals surface area contributed by atoms with Gasteiger partial charge in [-0.05, 0) is 23.8 Å². The molecule has 0 saturated heterocycles. The summed E-state index contributed by atoms with van der Waals surface area (Å²) in [5.41, 5.74) is 2.57. The van der Waals surface area contributed by atoms with Gasteiger partial charge >= 0.3 is 0 Å². The number of benzene rings is 2. The van der Waals surface area contributed by atoms with Gasteiger partial charge in [-0.15, -0.1) is 0 Å². The van der Waals surface area contributed by atoms with Gasteiger partial charge in [-0.1, -0.05) is 36.4 Å². The maximum absolute atomic E-state index is 12.7. The minimum absolute atomic E-state index is 0.0500. The monoisotopic (exact) mass is 271 g/mol. The molecule has 0 spiro atoms. The van der Waals surface area contributed by atoms with E-state index in [0.717, 1.165) is 11.3 Å². The van der Waals surface area contributed by atoms with E-state index < -0.39 is 6.43 Å². The summed E-state index contributed by atoms with van der Waals surface area (Å²) >= 11 is 0. The summed E-state index contributed by atoms with van der Waals surface area (Å²) in [7, 11) is 0. The lowest BCUT2D eigenvalue weighted by Gasteiger charge is -2.02. The Balaban J connectivity index is 2.04. The molecule has 0 aromatic heterocycles. The Labute approximate surface area is 114 Å². The predicted octanol–water partition coefficient (Wildman–Crippen LogP) is 4.12. The van der Waals surface area contributed by atoms with Crippen molar-refractivity contribution in [1.82, 2.24) is 0 Å². The number of carbonyl (C=O) groups is 1. The van der Waals surface area contributed by atoms with Gasteiger partial charge in [-0.2, -0.15) is 0 Å². The molecule has 0 bridgehead atoms. The van der Waals surface area contributed by atoms with E-state index in [1.165, 1.54) is 12.1 Å². The summed E-state index contributed by atoms with van der Waals surface area (Å²) in [6.07, 6.45) is -0.884. The summed E-state index contributed by atoms with van der Waals surface area (Å²) in [4.78, 5) is 11.9. The molecule has 0 aliphatic carbocycles. The molecular weight excluding hydrogens is 260 g/mol. The molecule has 1 heterocycles. The zero-order valence-corrected chi connectivity index (χ0v) is 10.4. The Kier molecular flexibility index (Phi) is 3.06. The van der Waals surface area contributed by atoms with Crippen molar-refractivity contribution < 1.29 is 13.6 Å². The minimum Gasteiger partial charge on any atom is -0.321 e. The number of fused-ring (bicyclic) bond motifs is 1. The molecule has 0 atom stereocenters. The molecule has 0 unspecified atom stereocenters. The molecule has 1 N–H and O–H groups in total. The standard InChI is InChI=1S/C16H11F2NO/c17-15(18)11-5-3-4-10(8-11)9-13-12-6-1-2-7-14(12)19-16(13)20/h1-9,15H,(H,19,20). The number of amides is 1. The average Bonchev–Trinajstić information content (AvgIpc) is 2.76. The number of para-hydroxylation sites is 1. The second kappa shape index (κ2) is 4.89. The largest absolute Gasteiger partial charge is 0.321 e. The maximum atomic E-state index is 12.7. The van der Waals surface area contributed by atoms with Gasteiger partial charge in [0.15, 0.2) is 0 Å². The van der Waals surface area contributed by atoms with Crippen molar-refractivity contribution in [1.29, 1.82) is 0 Å². The Morgan fingerprint density at radius 2 is 1.85 bits per heavy atom. The van der Waals surface area contributed by atoms with E-state index in [9.17, 15) is 13.6 Å². The number of alkyl halides is 2. The molecule has 20 heavy (non-hydrogen) atoms. The number of halogens is 2. The Morgan fingerprint density at radius 1 is 1.05 bits per heavy atom. The Bertz CT molecular complexity index is 707. The molecule has 100 valence electrons. The van der Waals surface area contributed by atoms with Crippen LogP contribution in [-0.2, 0) is 4.79 Å². The Morgan fingerprint density at radius 3 is 2.65 bits per heavy atom. The highest BCUT2D eigenvalue weighted by atomic mass is 19.3. The third-order valence-corrected chi connectivity index (χ3v) is 3.18. The average molecular weight is 271 g/mol. The van der Waals surface area contributed by atoms with Gasteiger partial charge < -0.3 is 5.32 Å². The second-order valence-electron chi connectivity index (χ2n) is 4.53. The molecule has 2 aromatic rings. The van der Waals surface area contributed by atoms with Crippen molar-refractivity contribution in [3.63, 3.8) is 0 Å². The number of hydrogen-bond donors (Lipinski definition) is 1. The van der Waals surface area contributed by atoms with Crippen LogP contribution in [-0.4, -0.2) is 5.91 Å². The highest BCUT2D eigenvalue weighted by molar-refractivity contribution is 6.34. The molecule has 0 fully saturated rings. The maximum Gasteiger partial charge on any atom is 0.263 e. The number of carbonyl (C=O) groups excluding carboxylic acids is 1. The molecule has 0 radical (unpaired) electrons. The fourth-order valence-electron chi connectivity index (χ4n) is 2.23. The first-order chi connectivity index (χ1) is 9.65. The topological polar surface area (TPSA) is 29.1 Å². The molecule has 1 amide bonds. The van der Waals surface area contributed by atoms with Crippen molar-refractivity contribution in [2.24, 2.45) is 0 Å². The summed E-state index contributed by atoms with van der Waals surface area (Å²) in [5.74, 6) is -0.214. The lowest BCUT2D eigenvalue weighted by molar-refractivity contribution is -0.110. The molecule has 1 aliphatic rings. The number of rotatable bonds is 2. The van der Waals surface area contributed by atoms with E-state index >= 15 is 0 Å². The summed E-state index contributed by atoms with van der Waals surface area (Å²) in [5, 5.41) is 2.75. The van der Waals surface area contributed by atoms with Crippen molar-refractivity contribution in [3.8, 4) is 0 Å². The lowest BCUT2D eigenvalue weighted by atomic mass is 10.0.